The monoisotopic (exact) mass is 281 g/mol. The van der Waals surface area contributed by atoms with Gasteiger partial charge in [0, 0.05) is 10.9 Å². The minimum Gasteiger partial charge on any atom is -0.388 e. The van der Waals surface area contributed by atoms with Gasteiger partial charge in [0.25, 0.3) is 0 Å². The molecule has 2 nitrogen and oxygen atoms in total. The Morgan fingerprint density at radius 3 is 2.44 bits per heavy atom. The Kier molecular flexibility index (Phi) is 4.52. The lowest BCUT2D eigenvalue weighted by molar-refractivity contribution is 0.0198. The summed E-state index contributed by atoms with van der Waals surface area (Å²) >= 11 is 3.37. The number of rotatable bonds is 4. The molecule has 0 spiro atoms. The Morgan fingerprint density at radius 2 is 2.00 bits per heavy atom. The Hall–Kier alpha value is -0.850. The van der Waals surface area contributed by atoms with Gasteiger partial charge in [-0.15, -0.1) is 0 Å². The predicted molar refractivity (Wildman–Crippen MR) is 67.9 cm³/mol. The second kappa shape index (κ2) is 5.47. The minimum atomic E-state index is -0.961. The standard InChI is InChI=1S/C13H16BrNO/c1-3-11(9-15)13(2,16)8-10-4-6-12(14)7-5-10/h4-7,11,16H,3,8H2,1-2H3. The Balaban J connectivity index is 2.80. The van der Waals surface area contributed by atoms with Crippen molar-refractivity contribution >= 4 is 15.9 Å². The molecule has 1 rings (SSSR count). The van der Waals surface area contributed by atoms with E-state index in [-0.39, 0.29) is 5.92 Å². The van der Waals surface area contributed by atoms with E-state index in [0.29, 0.717) is 12.8 Å². The van der Waals surface area contributed by atoms with Gasteiger partial charge in [-0.25, -0.2) is 0 Å². The van der Waals surface area contributed by atoms with Crippen LogP contribution >= 0.6 is 15.9 Å². The number of nitrogens with zero attached hydrogens (tertiary/aromatic N) is 1. The highest BCUT2D eigenvalue weighted by Gasteiger charge is 2.30. The number of hydrogen-bond donors (Lipinski definition) is 1. The van der Waals surface area contributed by atoms with Crippen LogP contribution in [0.3, 0.4) is 0 Å². The Morgan fingerprint density at radius 1 is 1.44 bits per heavy atom. The zero-order valence-corrected chi connectivity index (χ0v) is 11.2. The van der Waals surface area contributed by atoms with Crippen LogP contribution in [0.2, 0.25) is 0 Å². The van der Waals surface area contributed by atoms with Crippen LogP contribution in [0.5, 0.6) is 0 Å². The molecule has 0 saturated carbocycles. The maximum absolute atomic E-state index is 10.3. The number of hydrogen-bond acceptors (Lipinski definition) is 2. The van der Waals surface area contributed by atoms with E-state index in [2.05, 4.69) is 22.0 Å². The third kappa shape index (κ3) is 3.33. The van der Waals surface area contributed by atoms with E-state index in [1.165, 1.54) is 0 Å². The summed E-state index contributed by atoms with van der Waals surface area (Å²) in [5.41, 5.74) is 0.0824. The van der Waals surface area contributed by atoms with Gasteiger partial charge in [-0.2, -0.15) is 5.26 Å². The van der Waals surface area contributed by atoms with E-state index < -0.39 is 5.60 Å². The number of halogens is 1. The normalized spacial score (nSPS) is 16.2. The fourth-order valence-corrected chi connectivity index (χ4v) is 2.07. The molecule has 0 aliphatic rings. The molecule has 0 aliphatic carbocycles. The van der Waals surface area contributed by atoms with Crippen molar-refractivity contribution in [3.05, 3.63) is 34.3 Å². The molecule has 0 amide bonds. The molecule has 1 aromatic carbocycles. The van der Waals surface area contributed by atoms with E-state index in [0.717, 1.165) is 10.0 Å². The zero-order chi connectivity index (χ0) is 12.2. The molecule has 3 heteroatoms. The summed E-state index contributed by atoms with van der Waals surface area (Å²) in [4.78, 5) is 0. The Labute approximate surface area is 105 Å². The smallest absolute Gasteiger partial charge is 0.0817 e. The van der Waals surface area contributed by atoms with E-state index >= 15 is 0 Å². The van der Waals surface area contributed by atoms with Crippen LogP contribution in [0.25, 0.3) is 0 Å². The van der Waals surface area contributed by atoms with Crippen LogP contribution in [0.1, 0.15) is 25.8 Å². The van der Waals surface area contributed by atoms with E-state index in [1.807, 2.05) is 31.2 Å². The highest BCUT2D eigenvalue weighted by atomic mass is 79.9. The molecule has 1 aromatic rings. The van der Waals surface area contributed by atoms with Crippen LogP contribution in [0, 0.1) is 17.2 Å². The fraction of sp³-hybridized carbons (Fsp3) is 0.462. The van der Waals surface area contributed by atoms with Crippen molar-refractivity contribution in [2.45, 2.75) is 32.3 Å². The van der Waals surface area contributed by atoms with E-state index in [9.17, 15) is 5.11 Å². The second-order valence-electron chi connectivity index (χ2n) is 4.25. The van der Waals surface area contributed by atoms with Gasteiger partial charge < -0.3 is 5.11 Å². The van der Waals surface area contributed by atoms with E-state index in [4.69, 9.17) is 5.26 Å². The molecular formula is C13H16BrNO. The summed E-state index contributed by atoms with van der Waals surface area (Å²) in [6.07, 6.45) is 1.17. The van der Waals surface area contributed by atoms with Crippen molar-refractivity contribution in [3.63, 3.8) is 0 Å². The topological polar surface area (TPSA) is 44.0 Å². The molecule has 2 unspecified atom stereocenters. The maximum atomic E-state index is 10.3. The molecule has 0 aromatic heterocycles. The lowest BCUT2D eigenvalue weighted by Gasteiger charge is -2.27. The van der Waals surface area contributed by atoms with Gasteiger partial charge in [0.1, 0.15) is 0 Å². The lowest BCUT2D eigenvalue weighted by atomic mass is 9.83. The van der Waals surface area contributed by atoms with Crippen molar-refractivity contribution in [1.29, 1.82) is 5.26 Å². The molecule has 0 bridgehead atoms. The van der Waals surface area contributed by atoms with Crippen molar-refractivity contribution < 1.29 is 5.11 Å². The van der Waals surface area contributed by atoms with Crippen LogP contribution in [0.15, 0.2) is 28.7 Å². The third-order valence-corrected chi connectivity index (χ3v) is 3.32. The van der Waals surface area contributed by atoms with Gasteiger partial charge in [-0.1, -0.05) is 35.0 Å². The second-order valence-corrected chi connectivity index (χ2v) is 5.17. The summed E-state index contributed by atoms with van der Waals surface area (Å²) in [6, 6.07) is 9.97. The maximum Gasteiger partial charge on any atom is 0.0817 e. The summed E-state index contributed by atoms with van der Waals surface area (Å²) < 4.78 is 1.02. The van der Waals surface area contributed by atoms with Crippen LogP contribution in [-0.2, 0) is 6.42 Å². The molecule has 1 N–H and O–H groups in total. The van der Waals surface area contributed by atoms with Crippen molar-refractivity contribution in [1.82, 2.24) is 0 Å². The quantitative estimate of drug-likeness (QED) is 0.920. The summed E-state index contributed by atoms with van der Waals surface area (Å²) in [7, 11) is 0. The van der Waals surface area contributed by atoms with Crippen LogP contribution in [-0.4, -0.2) is 10.7 Å². The average Bonchev–Trinajstić information content (AvgIpc) is 2.22. The molecule has 0 heterocycles. The number of benzene rings is 1. The first-order valence-electron chi connectivity index (χ1n) is 5.36. The first-order valence-corrected chi connectivity index (χ1v) is 6.15. The summed E-state index contributed by atoms with van der Waals surface area (Å²) in [5.74, 6) is -0.323. The molecule has 2 atom stereocenters. The zero-order valence-electron chi connectivity index (χ0n) is 9.57. The predicted octanol–water partition coefficient (Wildman–Crippen LogP) is 3.29. The summed E-state index contributed by atoms with van der Waals surface area (Å²) in [5, 5.41) is 19.2. The highest BCUT2D eigenvalue weighted by molar-refractivity contribution is 9.10. The van der Waals surface area contributed by atoms with Gasteiger partial charge in [0.15, 0.2) is 0 Å². The van der Waals surface area contributed by atoms with Gasteiger partial charge >= 0.3 is 0 Å². The number of nitriles is 1. The van der Waals surface area contributed by atoms with Crippen molar-refractivity contribution in [2.75, 3.05) is 0 Å². The summed E-state index contributed by atoms with van der Waals surface area (Å²) in [6.45, 7) is 3.65. The lowest BCUT2D eigenvalue weighted by Crippen LogP contribution is -2.35. The van der Waals surface area contributed by atoms with Crippen molar-refractivity contribution in [3.8, 4) is 6.07 Å². The Bertz CT molecular complexity index is 378. The van der Waals surface area contributed by atoms with Gasteiger partial charge in [0.2, 0.25) is 0 Å². The molecule has 0 aliphatic heterocycles. The largest absolute Gasteiger partial charge is 0.388 e. The minimum absolute atomic E-state index is 0.323. The van der Waals surface area contributed by atoms with Gasteiger partial charge in [-0.3, -0.25) is 0 Å². The fourth-order valence-electron chi connectivity index (χ4n) is 1.81. The van der Waals surface area contributed by atoms with E-state index in [1.54, 1.807) is 6.92 Å². The van der Waals surface area contributed by atoms with Gasteiger partial charge in [0.05, 0.1) is 17.6 Å². The average molecular weight is 282 g/mol. The SMILES string of the molecule is CCC(C#N)C(C)(O)Cc1ccc(Br)cc1. The molecule has 0 saturated heterocycles. The molecule has 86 valence electrons. The number of aliphatic hydroxyl groups is 1. The first-order chi connectivity index (χ1) is 7.49. The molecule has 16 heavy (non-hydrogen) atoms. The van der Waals surface area contributed by atoms with Crippen molar-refractivity contribution in [2.24, 2.45) is 5.92 Å². The first kappa shape index (κ1) is 13.2. The molecular weight excluding hydrogens is 266 g/mol. The van der Waals surface area contributed by atoms with Crippen LogP contribution < -0.4 is 0 Å². The highest BCUT2D eigenvalue weighted by Crippen LogP contribution is 2.25. The van der Waals surface area contributed by atoms with Crippen LogP contribution in [0.4, 0.5) is 0 Å². The third-order valence-electron chi connectivity index (χ3n) is 2.79. The molecule has 0 fully saturated rings. The molecule has 0 radical (unpaired) electrons. The van der Waals surface area contributed by atoms with Gasteiger partial charge in [-0.05, 0) is 31.0 Å².